The second-order valence-electron chi connectivity index (χ2n) is 8.47. The molecule has 0 unspecified atom stereocenters. The molecule has 2 aliphatic heterocycles. The highest BCUT2D eigenvalue weighted by atomic mass is 32.1. The lowest BCUT2D eigenvalue weighted by molar-refractivity contribution is 0.0985. The molecule has 0 atom stereocenters. The zero-order valence-electron chi connectivity index (χ0n) is 19.7. The van der Waals surface area contributed by atoms with Crippen LogP contribution >= 0.6 is 11.3 Å². The Kier molecular flexibility index (Phi) is 6.09. The topological polar surface area (TPSA) is 97.7 Å². The molecule has 34 heavy (non-hydrogen) atoms. The van der Waals surface area contributed by atoms with Gasteiger partial charge in [-0.3, -0.25) is 4.79 Å². The maximum atomic E-state index is 13.2. The second kappa shape index (κ2) is 9.19. The average molecular weight is 480 g/mol. The molecule has 1 amide bonds. The van der Waals surface area contributed by atoms with E-state index in [1.54, 1.807) is 11.1 Å². The molecule has 1 aromatic carbocycles. The number of fused-ring (bicyclic) bond motifs is 2. The second-order valence-corrected chi connectivity index (χ2v) is 9.65. The first kappa shape index (κ1) is 22.5. The van der Waals surface area contributed by atoms with Crippen molar-refractivity contribution in [2.45, 2.75) is 39.7 Å². The molecule has 0 saturated carbocycles. The van der Waals surface area contributed by atoms with Crippen molar-refractivity contribution >= 4 is 51.1 Å². The van der Waals surface area contributed by atoms with E-state index in [1.165, 1.54) is 11.3 Å². The van der Waals surface area contributed by atoms with Crippen molar-refractivity contribution in [3.8, 4) is 0 Å². The highest BCUT2D eigenvalue weighted by Crippen LogP contribution is 2.42. The normalized spacial score (nSPS) is 16.4. The van der Waals surface area contributed by atoms with Gasteiger partial charge in [0.2, 0.25) is 5.95 Å². The van der Waals surface area contributed by atoms with Crippen LogP contribution in [0.3, 0.4) is 0 Å². The summed E-state index contributed by atoms with van der Waals surface area (Å²) in [6.45, 7) is 8.79. The van der Waals surface area contributed by atoms with Gasteiger partial charge in [0, 0.05) is 37.6 Å². The van der Waals surface area contributed by atoms with E-state index in [4.69, 9.17) is 4.98 Å². The number of amides is 1. The summed E-state index contributed by atoms with van der Waals surface area (Å²) in [5.41, 5.74) is 3.18. The minimum atomic E-state index is -0.186. The third-order valence-corrected chi connectivity index (χ3v) is 7.28. The Morgan fingerprint density at radius 1 is 1.09 bits per heavy atom. The van der Waals surface area contributed by atoms with Crippen molar-refractivity contribution in [3.05, 3.63) is 41.2 Å². The molecule has 0 radical (unpaired) electrons. The van der Waals surface area contributed by atoms with Crippen LogP contribution in [0.15, 0.2) is 30.5 Å². The molecule has 4 heterocycles. The van der Waals surface area contributed by atoms with Crippen molar-refractivity contribution in [1.82, 2.24) is 15.0 Å². The summed E-state index contributed by atoms with van der Waals surface area (Å²) in [7, 11) is 0. The van der Waals surface area contributed by atoms with Gasteiger partial charge in [-0.05, 0) is 57.9 Å². The van der Waals surface area contributed by atoms with Gasteiger partial charge in [-0.2, -0.15) is 4.98 Å². The number of hydrogen-bond donors (Lipinski definition) is 2. The molecule has 1 saturated heterocycles. The van der Waals surface area contributed by atoms with Gasteiger partial charge in [0.05, 0.1) is 17.3 Å². The van der Waals surface area contributed by atoms with Crippen LogP contribution < -0.4 is 20.0 Å². The van der Waals surface area contributed by atoms with Crippen LogP contribution in [0.2, 0.25) is 0 Å². The lowest BCUT2D eigenvalue weighted by Crippen LogP contribution is -2.35. The number of piperidine rings is 1. The van der Waals surface area contributed by atoms with Gasteiger partial charge in [0.1, 0.15) is 10.7 Å². The van der Waals surface area contributed by atoms with E-state index in [0.29, 0.717) is 36.2 Å². The van der Waals surface area contributed by atoms with Gasteiger partial charge in [0.15, 0.2) is 11.5 Å². The lowest BCUT2D eigenvalue weighted by atomic mass is 10.1. The van der Waals surface area contributed by atoms with Crippen LogP contribution in [0.4, 0.5) is 33.8 Å². The van der Waals surface area contributed by atoms with Crippen LogP contribution in [0, 0.1) is 6.92 Å². The van der Waals surface area contributed by atoms with Gasteiger partial charge < -0.3 is 25.1 Å². The quantitative estimate of drug-likeness (QED) is 0.565. The highest BCUT2D eigenvalue weighted by molar-refractivity contribution is 7.16. The number of aliphatic hydroxyl groups is 1. The Hall–Kier alpha value is -3.24. The number of hydrogen-bond acceptors (Lipinski definition) is 9. The van der Waals surface area contributed by atoms with Crippen LogP contribution in [0.25, 0.3) is 0 Å². The molecule has 10 heteroatoms. The van der Waals surface area contributed by atoms with Crippen molar-refractivity contribution in [2.75, 3.05) is 46.2 Å². The SMILES string of the molecule is CCN1C(=O)c2nc(C)sc2N(CC)c2nc(Nc3ccc(N4CCC(O)CC4)cc3)ncc21. The zero-order chi connectivity index (χ0) is 23.8. The number of carbonyl (C=O) groups is 1. The van der Waals surface area contributed by atoms with Crippen LogP contribution in [-0.2, 0) is 0 Å². The van der Waals surface area contributed by atoms with E-state index in [-0.39, 0.29) is 12.0 Å². The van der Waals surface area contributed by atoms with Gasteiger partial charge in [-0.15, -0.1) is 11.3 Å². The maximum Gasteiger partial charge on any atom is 0.280 e. The van der Waals surface area contributed by atoms with Crippen molar-refractivity contribution < 1.29 is 9.90 Å². The highest BCUT2D eigenvalue weighted by Gasteiger charge is 2.34. The standard InChI is InChI=1S/C24H29N7O2S/c1-4-30-19-14-25-24(27-16-6-8-17(9-7-16)29-12-10-18(32)11-13-29)28-21(19)31(5-2)23-20(22(30)33)26-15(3)34-23/h6-9,14,18,32H,4-5,10-13H2,1-3H3,(H,25,27,28). The summed E-state index contributed by atoms with van der Waals surface area (Å²) in [5.74, 6) is 1.05. The van der Waals surface area contributed by atoms with E-state index in [2.05, 4.69) is 32.3 Å². The zero-order valence-corrected chi connectivity index (χ0v) is 20.5. The molecule has 0 aliphatic carbocycles. The fraction of sp³-hybridized carbons (Fsp3) is 0.417. The molecular formula is C24H29N7O2S. The van der Waals surface area contributed by atoms with Crippen molar-refractivity contribution in [2.24, 2.45) is 0 Å². The van der Waals surface area contributed by atoms with Crippen molar-refractivity contribution in [1.29, 1.82) is 0 Å². The summed E-state index contributed by atoms with van der Waals surface area (Å²) in [4.78, 5) is 33.1. The number of aryl methyl sites for hydroxylation is 1. The monoisotopic (exact) mass is 479 g/mol. The van der Waals surface area contributed by atoms with E-state index in [0.717, 1.165) is 47.3 Å². The van der Waals surface area contributed by atoms with Crippen LogP contribution in [0.5, 0.6) is 0 Å². The van der Waals surface area contributed by atoms with Crippen molar-refractivity contribution in [3.63, 3.8) is 0 Å². The van der Waals surface area contributed by atoms with E-state index in [1.807, 2.05) is 37.8 Å². The van der Waals surface area contributed by atoms with E-state index < -0.39 is 0 Å². The Bertz CT molecular complexity index is 1190. The minimum absolute atomic E-state index is 0.121. The van der Waals surface area contributed by atoms with Gasteiger partial charge in [0.25, 0.3) is 5.91 Å². The minimum Gasteiger partial charge on any atom is -0.393 e. The van der Waals surface area contributed by atoms with Gasteiger partial charge in [-0.1, -0.05) is 0 Å². The fourth-order valence-corrected chi connectivity index (χ4v) is 5.48. The van der Waals surface area contributed by atoms with Crippen LogP contribution in [0.1, 0.15) is 42.2 Å². The molecule has 2 aromatic heterocycles. The average Bonchev–Trinajstić information content (AvgIpc) is 3.20. The molecule has 5 rings (SSSR count). The summed E-state index contributed by atoms with van der Waals surface area (Å²) in [6.07, 6.45) is 3.13. The summed E-state index contributed by atoms with van der Waals surface area (Å²) >= 11 is 1.51. The Morgan fingerprint density at radius 2 is 1.79 bits per heavy atom. The molecule has 178 valence electrons. The first-order valence-corrected chi connectivity index (χ1v) is 12.5. The predicted molar refractivity (Wildman–Crippen MR) is 136 cm³/mol. The van der Waals surface area contributed by atoms with E-state index in [9.17, 15) is 9.90 Å². The van der Waals surface area contributed by atoms with Gasteiger partial charge in [-0.25, -0.2) is 9.97 Å². The van der Waals surface area contributed by atoms with E-state index >= 15 is 0 Å². The molecule has 0 bridgehead atoms. The Labute approximate surface area is 203 Å². The lowest BCUT2D eigenvalue weighted by Gasteiger charge is -2.31. The summed E-state index contributed by atoms with van der Waals surface area (Å²) in [6, 6.07) is 8.18. The number of benzene rings is 1. The molecule has 0 spiro atoms. The third kappa shape index (κ3) is 4.07. The number of aromatic nitrogens is 3. The first-order valence-electron chi connectivity index (χ1n) is 11.7. The van der Waals surface area contributed by atoms with Crippen LogP contribution in [-0.4, -0.2) is 58.2 Å². The number of nitrogens with one attached hydrogen (secondary N) is 1. The smallest absolute Gasteiger partial charge is 0.280 e. The molecule has 9 nitrogen and oxygen atoms in total. The fourth-order valence-electron chi connectivity index (χ4n) is 4.50. The van der Waals surface area contributed by atoms with Gasteiger partial charge >= 0.3 is 0 Å². The Balaban J connectivity index is 1.43. The molecule has 2 N–H and O–H groups in total. The number of thiazole rings is 1. The molecule has 2 aliphatic rings. The number of rotatable bonds is 5. The largest absolute Gasteiger partial charge is 0.393 e. The number of nitrogens with zero attached hydrogens (tertiary/aromatic N) is 6. The first-order chi connectivity index (χ1) is 16.5. The molecule has 3 aromatic rings. The molecular weight excluding hydrogens is 450 g/mol. The predicted octanol–water partition coefficient (Wildman–Crippen LogP) is 4.08. The number of aliphatic hydroxyl groups excluding tert-OH is 1. The third-order valence-electron chi connectivity index (χ3n) is 6.29. The number of carbonyl (C=O) groups excluding carboxylic acids is 1. The Morgan fingerprint density at radius 3 is 2.47 bits per heavy atom. The summed E-state index contributed by atoms with van der Waals surface area (Å²) in [5, 5.41) is 14.7. The number of anilines is 6. The maximum absolute atomic E-state index is 13.2. The molecule has 1 fully saturated rings. The summed E-state index contributed by atoms with van der Waals surface area (Å²) < 4.78 is 0.